The van der Waals surface area contributed by atoms with E-state index in [0.29, 0.717) is 29.8 Å². The van der Waals surface area contributed by atoms with Crippen molar-refractivity contribution in [3.05, 3.63) is 58.1 Å². The monoisotopic (exact) mass is 529 g/mol. The quantitative estimate of drug-likeness (QED) is 0.511. The van der Waals surface area contributed by atoms with Crippen LogP contribution in [0.3, 0.4) is 0 Å². The van der Waals surface area contributed by atoms with Gasteiger partial charge < -0.3 is 4.90 Å². The molecule has 7 rings (SSSR count). The van der Waals surface area contributed by atoms with E-state index in [1.807, 2.05) is 18.2 Å². The maximum atomic E-state index is 13.5. The van der Waals surface area contributed by atoms with Gasteiger partial charge in [-0.25, -0.2) is 22.8 Å². The highest BCUT2D eigenvalue weighted by atomic mass is 35.5. The summed E-state index contributed by atoms with van der Waals surface area (Å²) in [6, 6.07) is 5.85. The van der Waals surface area contributed by atoms with Crippen molar-refractivity contribution in [2.75, 3.05) is 29.5 Å². The van der Waals surface area contributed by atoms with Gasteiger partial charge in [-0.05, 0) is 43.5 Å². The van der Waals surface area contributed by atoms with Crippen molar-refractivity contribution in [2.45, 2.75) is 44.8 Å². The van der Waals surface area contributed by atoms with Gasteiger partial charge in [-0.3, -0.25) is 9.47 Å². The van der Waals surface area contributed by atoms with E-state index >= 15 is 0 Å². The lowest BCUT2D eigenvalue weighted by atomic mass is 9.57. The van der Waals surface area contributed by atoms with E-state index < -0.39 is 9.84 Å². The second-order valence-electron chi connectivity index (χ2n) is 10.8. The van der Waals surface area contributed by atoms with Crippen molar-refractivity contribution in [2.24, 2.45) is 5.41 Å². The zero-order valence-corrected chi connectivity index (χ0v) is 21.3. The van der Waals surface area contributed by atoms with Crippen molar-refractivity contribution in [1.82, 2.24) is 29.6 Å². The molecule has 0 bridgehead atoms. The fraction of sp³-hybridized carbons (Fsp3) is 0.500. The van der Waals surface area contributed by atoms with Crippen LogP contribution >= 0.6 is 11.6 Å². The summed E-state index contributed by atoms with van der Waals surface area (Å²) >= 11 is 6.35. The molecule has 0 amide bonds. The largest absolute Gasteiger partial charge is 0.340 e. The Balaban J connectivity index is 1.13. The third kappa shape index (κ3) is 3.54. The molecular formula is C24H25ClFN7O2S. The molecule has 2 saturated heterocycles. The van der Waals surface area contributed by atoms with Gasteiger partial charge in [0.15, 0.2) is 21.5 Å². The van der Waals surface area contributed by atoms with Crippen LogP contribution in [0.25, 0.3) is 5.69 Å². The van der Waals surface area contributed by atoms with E-state index in [4.69, 9.17) is 11.6 Å². The first-order chi connectivity index (χ1) is 17.2. The van der Waals surface area contributed by atoms with Gasteiger partial charge in [-0.1, -0.05) is 11.6 Å². The van der Waals surface area contributed by atoms with Crippen LogP contribution in [0.4, 0.5) is 10.3 Å². The second kappa shape index (κ2) is 7.69. The molecule has 36 heavy (non-hydrogen) atoms. The average molecular weight is 530 g/mol. The summed E-state index contributed by atoms with van der Waals surface area (Å²) in [5.41, 5.74) is 2.64. The third-order valence-electron chi connectivity index (χ3n) is 8.13. The number of benzene rings is 1. The number of fused-ring (bicyclic) bond motifs is 3. The highest BCUT2D eigenvalue weighted by Gasteiger charge is 2.55. The number of anilines is 1. The molecule has 0 atom stereocenters. The molecule has 1 aromatic carbocycles. The van der Waals surface area contributed by atoms with Crippen LogP contribution < -0.4 is 4.90 Å². The minimum absolute atomic E-state index is 0.0150. The maximum Gasteiger partial charge on any atom is 0.225 e. The number of sulfone groups is 1. The van der Waals surface area contributed by atoms with Gasteiger partial charge in [-0.2, -0.15) is 0 Å². The van der Waals surface area contributed by atoms with Gasteiger partial charge in [0, 0.05) is 42.0 Å². The average Bonchev–Trinajstić information content (AvgIpc) is 3.07. The van der Waals surface area contributed by atoms with E-state index in [1.165, 1.54) is 6.20 Å². The summed E-state index contributed by atoms with van der Waals surface area (Å²) < 4.78 is 39.4. The van der Waals surface area contributed by atoms with Crippen molar-refractivity contribution in [3.8, 4) is 5.69 Å². The van der Waals surface area contributed by atoms with Gasteiger partial charge in [-0.15, -0.1) is 10.2 Å². The van der Waals surface area contributed by atoms with E-state index in [9.17, 15) is 12.8 Å². The minimum atomic E-state index is -2.94. The number of hydrogen-bond donors (Lipinski definition) is 0. The Labute approximate surface area is 213 Å². The summed E-state index contributed by atoms with van der Waals surface area (Å²) in [5, 5.41) is 9.85. The fourth-order valence-corrected chi connectivity index (χ4v) is 7.94. The molecule has 9 nitrogen and oxygen atoms in total. The SMILES string of the molecule is Cc1nc(N2CC3(CC(c4nnc5n4-c4ccc(Cl)cc4CN(C4CS(=O)(=O)C4)C5)C3)C2)ncc1F. The molecule has 3 aromatic rings. The van der Waals surface area contributed by atoms with E-state index in [1.54, 1.807) is 6.92 Å². The number of halogens is 2. The van der Waals surface area contributed by atoms with Gasteiger partial charge in [0.05, 0.1) is 35.6 Å². The van der Waals surface area contributed by atoms with Crippen LogP contribution in [0, 0.1) is 18.2 Å². The normalized spacial score (nSPS) is 22.8. The zero-order chi connectivity index (χ0) is 24.8. The Kier molecular flexibility index (Phi) is 4.82. The molecule has 0 unspecified atom stereocenters. The molecule has 3 fully saturated rings. The summed E-state index contributed by atoms with van der Waals surface area (Å²) in [5.74, 6) is 2.64. The number of hydrogen-bond acceptors (Lipinski definition) is 8. The molecular weight excluding hydrogens is 505 g/mol. The zero-order valence-electron chi connectivity index (χ0n) is 19.7. The summed E-state index contributed by atoms with van der Waals surface area (Å²) in [6.45, 7) is 4.53. The van der Waals surface area contributed by atoms with Crippen LogP contribution in [-0.4, -0.2) is 68.7 Å². The lowest BCUT2D eigenvalue weighted by Gasteiger charge is -2.58. The van der Waals surface area contributed by atoms with E-state index in [-0.39, 0.29) is 34.7 Å². The number of rotatable bonds is 3. The van der Waals surface area contributed by atoms with Crippen LogP contribution in [-0.2, 0) is 22.9 Å². The third-order valence-corrected chi connectivity index (χ3v) is 10.2. The predicted molar refractivity (Wildman–Crippen MR) is 131 cm³/mol. The van der Waals surface area contributed by atoms with Gasteiger partial charge in [0.2, 0.25) is 5.95 Å². The molecule has 1 aliphatic carbocycles. The minimum Gasteiger partial charge on any atom is -0.340 e. The second-order valence-corrected chi connectivity index (χ2v) is 13.4. The molecule has 1 saturated carbocycles. The van der Waals surface area contributed by atoms with E-state index in [2.05, 4.69) is 34.5 Å². The van der Waals surface area contributed by atoms with Crippen molar-refractivity contribution in [1.29, 1.82) is 0 Å². The molecule has 0 radical (unpaired) electrons. The van der Waals surface area contributed by atoms with Crippen LogP contribution in [0.2, 0.25) is 5.02 Å². The lowest BCUT2D eigenvalue weighted by molar-refractivity contribution is 0.0574. The molecule has 188 valence electrons. The van der Waals surface area contributed by atoms with Crippen molar-refractivity contribution < 1.29 is 12.8 Å². The van der Waals surface area contributed by atoms with Crippen molar-refractivity contribution >= 4 is 27.4 Å². The first-order valence-corrected chi connectivity index (χ1v) is 14.3. The molecule has 3 aliphatic heterocycles. The Hall–Kier alpha value is -2.63. The lowest BCUT2D eigenvalue weighted by Crippen LogP contribution is -2.62. The highest BCUT2D eigenvalue weighted by molar-refractivity contribution is 7.92. The van der Waals surface area contributed by atoms with Gasteiger partial charge in [0.25, 0.3) is 0 Å². The van der Waals surface area contributed by atoms with Gasteiger partial charge in [0.1, 0.15) is 5.82 Å². The molecule has 4 aliphatic rings. The number of aromatic nitrogens is 5. The Bertz CT molecular complexity index is 1480. The molecule has 12 heteroatoms. The Morgan fingerprint density at radius 2 is 1.92 bits per heavy atom. The van der Waals surface area contributed by atoms with Crippen LogP contribution in [0.5, 0.6) is 0 Å². The first-order valence-electron chi connectivity index (χ1n) is 12.1. The molecule has 2 aromatic heterocycles. The molecule has 5 heterocycles. The Morgan fingerprint density at radius 1 is 1.14 bits per heavy atom. The van der Waals surface area contributed by atoms with Crippen molar-refractivity contribution in [3.63, 3.8) is 0 Å². The summed E-state index contributed by atoms with van der Waals surface area (Å²) in [4.78, 5) is 12.7. The topological polar surface area (TPSA) is 97.1 Å². The highest BCUT2D eigenvalue weighted by Crippen LogP contribution is 2.56. The summed E-state index contributed by atoms with van der Waals surface area (Å²) in [7, 11) is -2.94. The van der Waals surface area contributed by atoms with Crippen LogP contribution in [0.1, 0.15) is 41.7 Å². The molecule has 1 spiro atoms. The first kappa shape index (κ1) is 22.6. The number of aryl methyl sites for hydroxylation is 1. The van der Waals surface area contributed by atoms with Crippen LogP contribution in [0.15, 0.2) is 24.4 Å². The maximum absolute atomic E-state index is 13.5. The Morgan fingerprint density at radius 3 is 2.64 bits per heavy atom. The van der Waals surface area contributed by atoms with E-state index in [0.717, 1.165) is 48.8 Å². The molecule has 0 N–H and O–H groups in total. The summed E-state index contributed by atoms with van der Waals surface area (Å²) in [6.07, 6.45) is 3.23. The number of nitrogens with zero attached hydrogens (tertiary/aromatic N) is 7. The van der Waals surface area contributed by atoms with Gasteiger partial charge >= 0.3 is 0 Å². The predicted octanol–water partition coefficient (Wildman–Crippen LogP) is 2.65. The fourth-order valence-electron chi connectivity index (χ4n) is 6.24. The standard InChI is InChI=1S/C24H25ClFN7O2S/c1-14-19(26)7-27-23(28-14)32-12-24(13-32)5-16(6-24)22-30-29-21-9-31(18-10-36(34,35)11-18)8-15-4-17(25)2-3-20(15)33(21)22/h2-4,7,16,18H,5-6,8-13H2,1H3. The smallest absolute Gasteiger partial charge is 0.225 e.